The number of amides is 2. The monoisotopic (exact) mass is 286 g/mol. The molecule has 2 heterocycles. The summed E-state index contributed by atoms with van der Waals surface area (Å²) in [5.41, 5.74) is 6.62. The Bertz CT molecular complexity index is 694. The molecule has 2 aromatic rings. The lowest BCUT2D eigenvalue weighted by Gasteiger charge is -2.36. The lowest BCUT2D eigenvalue weighted by molar-refractivity contribution is -0.123. The van der Waals surface area contributed by atoms with Crippen molar-refractivity contribution in [3.8, 4) is 0 Å². The molecule has 0 bridgehead atoms. The first-order valence-corrected chi connectivity index (χ1v) is 7.11. The fourth-order valence-electron chi connectivity index (χ4n) is 2.88. The van der Waals surface area contributed by atoms with Crippen LogP contribution in [0, 0.1) is 5.92 Å². The summed E-state index contributed by atoms with van der Waals surface area (Å²) in [7, 11) is 0. The molecule has 1 aliphatic rings. The summed E-state index contributed by atoms with van der Waals surface area (Å²) in [4.78, 5) is 25.8. The van der Waals surface area contributed by atoms with E-state index >= 15 is 0 Å². The molecule has 1 aromatic heterocycles. The number of piperidine rings is 1. The summed E-state index contributed by atoms with van der Waals surface area (Å²) in [5, 5.41) is 7.81. The number of H-pyrrole nitrogens is 1. The summed E-state index contributed by atoms with van der Waals surface area (Å²) in [6.45, 7) is 2.36. The molecule has 2 amide bonds. The van der Waals surface area contributed by atoms with Gasteiger partial charge in [0, 0.05) is 18.0 Å². The maximum absolute atomic E-state index is 12.7. The van der Waals surface area contributed by atoms with Crippen LogP contribution in [-0.4, -0.2) is 39.5 Å². The third kappa shape index (κ3) is 2.37. The molecule has 3 rings (SSSR count). The molecular formula is C15H18N4O2. The van der Waals surface area contributed by atoms with Gasteiger partial charge in [0.05, 0.1) is 11.4 Å². The fourth-order valence-corrected chi connectivity index (χ4v) is 2.88. The first-order chi connectivity index (χ1) is 10.1. The molecule has 6 heteroatoms. The molecule has 1 saturated heterocycles. The first-order valence-electron chi connectivity index (χ1n) is 7.11. The minimum absolute atomic E-state index is 0.0866. The van der Waals surface area contributed by atoms with Crippen LogP contribution in [0.2, 0.25) is 0 Å². The molecule has 0 saturated carbocycles. The van der Waals surface area contributed by atoms with Crippen LogP contribution in [0.3, 0.4) is 0 Å². The van der Waals surface area contributed by atoms with Crippen molar-refractivity contribution >= 4 is 22.7 Å². The normalized spacial score (nSPS) is 22.4. The maximum atomic E-state index is 12.7. The lowest BCUT2D eigenvalue weighted by atomic mass is 9.92. The summed E-state index contributed by atoms with van der Waals surface area (Å²) < 4.78 is 0. The van der Waals surface area contributed by atoms with Crippen LogP contribution in [0.15, 0.2) is 24.3 Å². The van der Waals surface area contributed by atoms with Crippen molar-refractivity contribution < 1.29 is 9.59 Å². The van der Waals surface area contributed by atoms with E-state index in [1.165, 1.54) is 0 Å². The molecule has 3 N–H and O–H groups in total. The number of para-hydroxylation sites is 1. The number of rotatable bonds is 2. The SMILES string of the molecule is CC1CCC(C(N)=O)CN1C(=O)c1n[nH]c2ccccc12. The van der Waals surface area contributed by atoms with E-state index in [1.807, 2.05) is 31.2 Å². The van der Waals surface area contributed by atoms with Gasteiger partial charge in [0.15, 0.2) is 5.69 Å². The summed E-state index contributed by atoms with van der Waals surface area (Å²) in [6, 6.07) is 7.60. The number of hydrogen-bond acceptors (Lipinski definition) is 3. The Balaban J connectivity index is 1.91. The van der Waals surface area contributed by atoms with Crippen LogP contribution < -0.4 is 5.73 Å². The number of nitrogens with zero attached hydrogens (tertiary/aromatic N) is 2. The second-order valence-corrected chi connectivity index (χ2v) is 5.60. The first kappa shape index (κ1) is 13.6. The van der Waals surface area contributed by atoms with Gasteiger partial charge in [-0.3, -0.25) is 14.7 Å². The minimum Gasteiger partial charge on any atom is -0.369 e. The number of aromatic nitrogens is 2. The number of carbonyl (C=O) groups is 2. The molecule has 1 aromatic carbocycles. The van der Waals surface area contributed by atoms with E-state index < -0.39 is 0 Å². The highest BCUT2D eigenvalue weighted by Gasteiger charge is 2.33. The highest BCUT2D eigenvalue weighted by molar-refractivity contribution is 6.04. The highest BCUT2D eigenvalue weighted by atomic mass is 16.2. The van der Waals surface area contributed by atoms with E-state index in [-0.39, 0.29) is 23.8 Å². The minimum atomic E-state index is -0.341. The van der Waals surface area contributed by atoms with E-state index in [4.69, 9.17) is 5.73 Å². The Morgan fingerprint density at radius 2 is 2.10 bits per heavy atom. The average molecular weight is 286 g/mol. The van der Waals surface area contributed by atoms with Crippen molar-refractivity contribution in [2.45, 2.75) is 25.8 Å². The maximum Gasteiger partial charge on any atom is 0.275 e. The van der Waals surface area contributed by atoms with Gasteiger partial charge in [0.2, 0.25) is 5.91 Å². The second kappa shape index (κ2) is 5.20. The Kier molecular flexibility index (Phi) is 3.37. The predicted molar refractivity (Wildman–Crippen MR) is 78.5 cm³/mol. The van der Waals surface area contributed by atoms with Gasteiger partial charge in [-0.15, -0.1) is 0 Å². The van der Waals surface area contributed by atoms with Gasteiger partial charge in [-0.1, -0.05) is 18.2 Å². The van der Waals surface area contributed by atoms with E-state index in [2.05, 4.69) is 10.2 Å². The largest absolute Gasteiger partial charge is 0.369 e. The quantitative estimate of drug-likeness (QED) is 0.871. The van der Waals surface area contributed by atoms with Gasteiger partial charge in [-0.05, 0) is 25.8 Å². The average Bonchev–Trinajstić information content (AvgIpc) is 2.90. The summed E-state index contributed by atoms with van der Waals surface area (Å²) >= 11 is 0. The van der Waals surface area contributed by atoms with Crippen LogP contribution in [0.5, 0.6) is 0 Å². The lowest BCUT2D eigenvalue weighted by Crippen LogP contribution is -2.48. The number of nitrogens with two attached hydrogens (primary N) is 1. The van der Waals surface area contributed by atoms with Gasteiger partial charge in [-0.2, -0.15) is 5.10 Å². The number of aromatic amines is 1. The zero-order valence-electron chi connectivity index (χ0n) is 11.9. The number of fused-ring (bicyclic) bond motifs is 1. The van der Waals surface area contributed by atoms with Crippen LogP contribution in [0.4, 0.5) is 0 Å². The van der Waals surface area contributed by atoms with Crippen molar-refractivity contribution in [2.75, 3.05) is 6.54 Å². The molecule has 21 heavy (non-hydrogen) atoms. The van der Waals surface area contributed by atoms with E-state index in [1.54, 1.807) is 4.90 Å². The number of carbonyl (C=O) groups excluding carboxylic acids is 2. The van der Waals surface area contributed by atoms with Gasteiger partial charge < -0.3 is 10.6 Å². The van der Waals surface area contributed by atoms with Crippen LogP contribution in [0.1, 0.15) is 30.3 Å². The molecular weight excluding hydrogens is 268 g/mol. The molecule has 2 unspecified atom stereocenters. The van der Waals surface area contributed by atoms with Crippen molar-refractivity contribution in [1.29, 1.82) is 0 Å². The molecule has 1 aliphatic heterocycles. The van der Waals surface area contributed by atoms with Gasteiger partial charge in [0.25, 0.3) is 5.91 Å². The van der Waals surface area contributed by atoms with E-state index in [0.29, 0.717) is 12.2 Å². The van der Waals surface area contributed by atoms with Gasteiger partial charge >= 0.3 is 0 Å². The zero-order chi connectivity index (χ0) is 15.0. The smallest absolute Gasteiger partial charge is 0.275 e. The van der Waals surface area contributed by atoms with Crippen LogP contribution in [0.25, 0.3) is 10.9 Å². The van der Waals surface area contributed by atoms with Gasteiger partial charge in [0.1, 0.15) is 0 Å². The topological polar surface area (TPSA) is 92.1 Å². The molecule has 0 radical (unpaired) electrons. The second-order valence-electron chi connectivity index (χ2n) is 5.60. The third-order valence-corrected chi connectivity index (χ3v) is 4.22. The Morgan fingerprint density at radius 3 is 2.86 bits per heavy atom. The molecule has 2 atom stereocenters. The van der Waals surface area contributed by atoms with Crippen molar-refractivity contribution in [2.24, 2.45) is 11.7 Å². The summed E-state index contributed by atoms with van der Waals surface area (Å²) in [5.74, 6) is -0.757. The molecule has 110 valence electrons. The number of hydrogen-bond donors (Lipinski definition) is 2. The number of likely N-dealkylation sites (tertiary alicyclic amines) is 1. The number of benzene rings is 1. The predicted octanol–water partition coefficient (Wildman–Crippen LogP) is 1.29. The molecule has 0 spiro atoms. The summed E-state index contributed by atoms with van der Waals surface area (Å²) in [6.07, 6.45) is 1.52. The third-order valence-electron chi connectivity index (χ3n) is 4.22. The number of primary amides is 1. The van der Waals surface area contributed by atoms with Crippen LogP contribution >= 0.6 is 0 Å². The van der Waals surface area contributed by atoms with Crippen LogP contribution in [-0.2, 0) is 4.79 Å². The molecule has 0 aliphatic carbocycles. The molecule has 6 nitrogen and oxygen atoms in total. The van der Waals surface area contributed by atoms with Crippen molar-refractivity contribution in [3.05, 3.63) is 30.0 Å². The Labute approximate surface area is 122 Å². The van der Waals surface area contributed by atoms with Crippen molar-refractivity contribution in [3.63, 3.8) is 0 Å². The highest BCUT2D eigenvalue weighted by Crippen LogP contribution is 2.25. The Morgan fingerprint density at radius 1 is 1.33 bits per heavy atom. The van der Waals surface area contributed by atoms with E-state index in [0.717, 1.165) is 23.7 Å². The fraction of sp³-hybridized carbons (Fsp3) is 0.400. The Hall–Kier alpha value is -2.37. The van der Waals surface area contributed by atoms with E-state index in [9.17, 15) is 9.59 Å². The standard InChI is InChI=1S/C15H18N4O2/c1-9-6-7-10(14(16)20)8-19(9)15(21)13-11-4-2-3-5-12(11)17-18-13/h2-5,9-10H,6-8H2,1H3,(H2,16,20)(H,17,18). The van der Waals surface area contributed by atoms with Gasteiger partial charge in [-0.25, -0.2) is 0 Å². The number of nitrogens with one attached hydrogen (secondary N) is 1. The van der Waals surface area contributed by atoms with Crippen molar-refractivity contribution in [1.82, 2.24) is 15.1 Å². The molecule has 1 fully saturated rings. The zero-order valence-corrected chi connectivity index (χ0v) is 11.9.